The molecular formula is C12H18N2O2. The van der Waals surface area contributed by atoms with Crippen LogP contribution in [0.25, 0.3) is 0 Å². The van der Waals surface area contributed by atoms with Gasteiger partial charge >= 0.3 is 0 Å². The molecule has 2 bridgehead atoms. The average molecular weight is 222 g/mol. The second-order valence-corrected chi connectivity index (χ2v) is 5.50. The lowest BCUT2D eigenvalue weighted by Gasteiger charge is -2.25. The number of hydrogen-bond donors (Lipinski definition) is 1. The Kier molecular flexibility index (Phi) is 2.28. The van der Waals surface area contributed by atoms with Gasteiger partial charge in [-0.3, -0.25) is 14.5 Å². The first-order chi connectivity index (χ1) is 7.65. The molecule has 1 aliphatic heterocycles. The van der Waals surface area contributed by atoms with Crippen molar-refractivity contribution >= 4 is 11.8 Å². The molecule has 1 saturated heterocycles. The van der Waals surface area contributed by atoms with E-state index in [1.807, 2.05) is 0 Å². The molecule has 2 aliphatic carbocycles. The van der Waals surface area contributed by atoms with Crippen LogP contribution in [0.4, 0.5) is 0 Å². The van der Waals surface area contributed by atoms with Gasteiger partial charge in [0.1, 0.15) is 0 Å². The molecule has 4 nitrogen and oxygen atoms in total. The summed E-state index contributed by atoms with van der Waals surface area (Å²) >= 11 is 0. The Morgan fingerprint density at radius 2 is 2.06 bits per heavy atom. The minimum atomic E-state index is -0.248. The van der Waals surface area contributed by atoms with Gasteiger partial charge in [-0.2, -0.15) is 0 Å². The molecular weight excluding hydrogens is 204 g/mol. The summed E-state index contributed by atoms with van der Waals surface area (Å²) in [6.45, 7) is 0. The predicted octanol–water partition coefficient (Wildman–Crippen LogP) is 0.522. The van der Waals surface area contributed by atoms with Gasteiger partial charge in [0.05, 0.1) is 12.5 Å². The number of rotatable bonds is 2. The average Bonchev–Trinajstić information content (AvgIpc) is 2.92. The maximum absolute atomic E-state index is 11.8. The van der Waals surface area contributed by atoms with Crippen LogP contribution in [0.3, 0.4) is 0 Å². The minimum absolute atomic E-state index is 0.0484. The van der Waals surface area contributed by atoms with Crippen molar-refractivity contribution < 1.29 is 9.59 Å². The zero-order valence-corrected chi connectivity index (χ0v) is 9.61. The van der Waals surface area contributed by atoms with E-state index in [0.29, 0.717) is 12.5 Å². The Hall–Kier alpha value is -0.900. The molecule has 1 heterocycles. The summed E-state index contributed by atoms with van der Waals surface area (Å²) in [4.78, 5) is 24.4. The van der Waals surface area contributed by atoms with E-state index in [1.165, 1.54) is 30.6 Å². The highest BCUT2D eigenvalue weighted by Crippen LogP contribution is 2.44. The molecule has 4 heteroatoms. The Balaban J connectivity index is 1.64. The maximum atomic E-state index is 11.8. The van der Waals surface area contributed by atoms with E-state index < -0.39 is 0 Å². The second-order valence-electron chi connectivity index (χ2n) is 5.50. The third kappa shape index (κ3) is 1.47. The van der Waals surface area contributed by atoms with Crippen LogP contribution < -0.4 is 5.32 Å². The molecule has 0 aromatic carbocycles. The Morgan fingerprint density at radius 3 is 2.56 bits per heavy atom. The van der Waals surface area contributed by atoms with E-state index in [9.17, 15) is 9.59 Å². The molecule has 16 heavy (non-hydrogen) atoms. The van der Waals surface area contributed by atoms with E-state index in [-0.39, 0.29) is 17.9 Å². The van der Waals surface area contributed by atoms with Crippen LogP contribution >= 0.6 is 0 Å². The van der Waals surface area contributed by atoms with Gasteiger partial charge < -0.3 is 5.32 Å². The van der Waals surface area contributed by atoms with Crippen molar-refractivity contribution in [2.45, 2.75) is 44.2 Å². The van der Waals surface area contributed by atoms with Crippen LogP contribution in [0.2, 0.25) is 0 Å². The summed E-state index contributed by atoms with van der Waals surface area (Å²) in [6, 6.07) is 0.230. The first-order valence-corrected chi connectivity index (χ1v) is 6.21. The van der Waals surface area contributed by atoms with Crippen molar-refractivity contribution in [2.75, 3.05) is 7.05 Å². The van der Waals surface area contributed by atoms with Crippen molar-refractivity contribution in [1.29, 1.82) is 0 Å². The lowest BCUT2D eigenvalue weighted by atomic mass is 9.94. The molecule has 0 spiro atoms. The number of imide groups is 1. The molecule has 2 amide bonds. The standard InChI is InChI=1S/C12H18N2O2/c1-14-11(15)6-10(12(14)16)13-9-5-7-2-3-8(9)4-7/h7-10,13H,2-6H2,1H3. The van der Waals surface area contributed by atoms with Crippen molar-refractivity contribution in [3.8, 4) is 0 Å². The zero-order valence-electron chi connectivity index (χ0n) is 9.61. The van der Waals surface area contributed by atoms with Crippen LogP contribution in [0.5, 0.6) is 0 Å². The number of fused-ring (bicyclic) bond motifs is 2. The smallest absolute Gasteiger partial charge is 0.246 e. The first-order valence-electron chi connectivity index (χ1n) is 6.21. The number of carbonyl (C=O) groups is 2. The Morgan fingerprint density at radius 1 is 1.25 bits per heavy atom. The SMILES string of the molecule is CN1C(=O)CC(NC2CC3CCC2C3)C1=O. The van der Waals surface area contributed by atoms with Gasteiger partial charge in [-0.05, 0) is 31.1 Å². The zero-order chi connectivity index (χ0) is 11.3. The molecule has 4 atom stereocenters. The fraction of sp³-hybridized carbons (Fsp3) is 0.833. The van der Waals surface area contributed by atoms with Gasteiger partial charge in [0, 0.05) is 13.1 Å². The van der Waals surface area contributed by atoms with Gasteiger partial charge in [-0.1, -0.05) is 6.42 Å². The lowest BCUT2D eigenvalue weighted by Crippen LogP contribution is -2.45. The molecule has 0 aromatic heterocycles. The van der Waals surface area contributed by atoms with Gasteiger partial charge in [0.25, 0.3) is 0 Å². The molecule has 3 rings (SSSR count). The van der Waals surface area contributed by atoms with Crippen molar-refractivity contribution in [3.05, 3.63) is 0 Å². The van der Waals surface area contributed by atoms with Crippen LogP contribution in [0.15, 0.2) is 0 Å². The summed E-state index contributed by atoms with van der Waals surface area (Å²) in [6.07, 6.45) is 5.53. The van der Waals surface area contributed by atoms with Crippen molar-refractivity contribution in [2.24, 2.45) is 11.8 Å². The van der Waals surface area contributed by atoms with E-state index >= 15 is 0 Å². The number of carbonyl (C=O) groups excluding carboxylic acids is 2. The Bertz CT molecular complexity index is 342. The highest BCUT2D eigenvalue weighted by molar-refractivity contribution is 6.05. The van der Waals surface area contributed by atoms with E-state index in [1.54, 1.807) is 7.05 Å². The van der Waals surface area contributed by atoms with Gasteiger partial charge in [0.15, 0.2) is 0 Å². The third-order valence-corrected chi connectivity index (χ3v) is 4.53. The molecule has 0 radical (unpaired) electrons. The van der Waals surface area contributed by atoms with Crippen LogP contribution in [-0.4, -0.2) is 35.8 Å². The van der Waals surface area contributed by atoms with Crippen molar-refractivity contribution in [3.63, 3.8) is 0 Å². The van der Waals surface area contributed by atoms with Gasteiger partial charge in [-0.15, -0.1) is 0 Å². The largest absolute Gasteiger partial charge is 0.302 e. The Labute approximate surface area is 95.4 Å². The molecule has 88 valence electrons. The first kappa shape index (κ1) is 10.3. The van der Waals surface area contributed by atoms with E-state index in [4.69, 9.17) is 0 Å². The number of amides is 2. The third-order valence-electron chi connectivity index (χ3n) is 4.53. The van der Waals surface area contributed by atoms with Crippen LogP contribution in [0.1, 0.15) is 32.1 Å². The predicted molar refractivity (Wildman–Crippen MR) is 58.6 cm³/mol. The quantitative estimate of drug-likeness (QED) is 0.693. The molecule has 1 N–H and O–H groups in total. The fourth-order valence-corrected chi connectivity index (χ4v) is 3.59. The van der Waals surface area contributed by atoms with Gasteiger partial charge in [-0.25, -0.2) is 0 Å². The summed E-state index contributed by atoms with van der Waals surface area (Å²) in [5.74, 6) is 1.52. The molecule has 2 saturated carbocycles. The topological polar surface area (TPSA) is 49.4 Å². The van der Waals surface area contributed by atoms with Crippen LogP contribution in [-0.2, 0) is 9.59 Å². The molecule has 3 fully saturated rings. The number of hydrogen-bond acceptors (Lipinski definition) is 3. The van der Waals surface area contributed by atoms with Gasteiger partial charge in [0.2, 0.25) is 11.8 Å². The highest BCUT2D eigenvalue weighted by Gasteiger charge is 2.43. The normalized spacial score (nSPS) is 42.4. The second kappa shape index (κ2) is 3.55. The number of nitrogens with zero attached hydrogens (tertiary/aromatic N) is 1. The van der Waals surface area contributed by atoms with E-state index in [0.717, 1.165) is 11.8 Å². The molecule has 3 aliphatic rings. The maximum Gasteiger partial charge on any atom is 0.246 e. The summed E-state index contributed by atoms with van der Waals surface area (Å²) in [5.41, 5.74) is 0. The summed E-state index contributed by atoms with van der Waals surface area (Å²) < 4.78 is 0. The summed E-state index contributed by atoms with van der Waals surface area (Å²) in [7, 11) is 1.58. The molecule has 0 aromatic rings. The highest BCUT2D eigenvalue weighted by atomic mass is 16.2. The monoisotopic (exact) mass is 222 g/mol. The van der Waals surface area contributed by atoms with Crippen molar-refractivity contribution in [1.82, 2.24) is 10.2 Å². The minimum Gasteiger partial charge on any atom is -0.302 e. The number of nitrogens with one attached hydrogen (secondary N) is 1. The number of likely N-dealkylation sites (N-methyl/N-ethyl adjacent to an activating group) is 1. The summed E-state index contributed by atoms with van der Waals surface area (Å²) in [5, 5.41) is 3.41. The van der Waals surface area contributed by atoms with E-state index in [2.05, 4.69) is 5.32 Å². The fourth-order valence-electron chi connectivity index (χ4n) is 3.59. The molecule has 4 unspecified atom stereocenters. The van der Waals surface area contributed by atoms with Crippen LogP contribution in [0, 0.1) is 11.8 Å². The lowest BCUT2D eigenvalue weighted by molar-refractivity contribution is -0.137. The number of likely N-dealkylation sites (tertiary alicyclic amines) is 1.